The van der Waals surface area contributed by atoms with E-state index in [2.05, 4.69) is 22.2 Å². The molecule has 0 aromatic heterocycles. The molecule has 0 spiro atoms. The highest BCUT2D eigenvalue weighted by Crippen LogP contribution is 2.17. The van der Waals surface area contributed by atoms with Crippen LogP contribution >= 0.6 is 24.0 Å². The van der Waals surface area contributed by atoms with Crippen LogP contribution in [0.25, 0.3) is 0 Å². The fraction of sp³-hybridized carbons (Fsp3) is 0.471. The maximum absolute atomic E-state index is 5.65. The largest absolute Gasteiger partial charge is 0.489 e. The molecule has 0 fully saturated rings. The molecular formula is C17H28IN3O2. The lowest BCUT2D eigenvalue weighted by atomic mass is 10.1. The van der Waals surface area contributed by atoms with Crippen LogP contribution in [0, 0.1) is 0 Å². The molecule has 6 heteroatoms. The van der Waals surface area contributed by atoms with Crippen molar-refractivity contribution in [2.24, 2.45) is 4.99 Å². The molecule has 1 aromatic rings. The van der Waals surface area contributed by atoms with Crippen molar-refractivity contribution in [2.75, 3.05) is 27.3 Å². The second-order valence-corrected chi connectivity index (χ2v) is 5.45. The Morgan fingerprint density at radius 3 is 2.61 bits per heavy atom. The highest BCUT2D eigenvalue weighted by molar-refractivity contribution is 14.0. The van der Waals surface area contributed by atoms with Crippen LogP contribution in [0.5, 0.6) is 5.75 Å². The molecule has 0 aliphatic heterocycles. The first-order valence-electron chi connectivity index (χ1n) is 7.33. The Morgan fingerprint density at radius 2 is 2.00 bits per heavy atom. The number of benzene rings is 1. The summed E-state index contributed by atoms with van der Waals surface area (Å²) < 4.78 is 11.0. The number of nitrogens with one attached hydrogen (secondary N) is 2. The number of hydrogen-bond acceptors (Lipinski definition) is 3. The molecule has 5 nitrogen and oxygen atoms in total. The Kier molecular flexibility index (Phi) is 10.7. The maximum Gasteiger partial charge on any atom is 0.191 e. The van der Waals surface area contributed by atoms with Gasteiger partial charge in [-0.05, 0) is 19.9 Å². The van der Waals surface area contributed by atoms with Crippen molar-refractivity contribution in [3.05, 3.63) is 42.5 Å². The second-order valence-electron chi connectivity index (χ2n) is 5.45. The molecule has 0 amide bonds. The zero-order valence-electron chi connectivity index (χ0n) is 14.4. The van der Waals surface area contributed by atoms with Crippen LogP contribution in [-0.4, -0.2) is 38.9 Å². The van der Waals surface area contributed by atoms with Crippen molar-refractivity contribution in [1.29, 1.82) is 0 Å². The molecule has 0 saturated carbocycles. The molecule has 1 aromatic carbocycles. The third kappa shape index (κ3) is 8.22. The minimum atomic E-state index is -0.247. The molecule has 0 aliphatic rings. The molecular weight excluding hydrogens is 405 g/mol. The van der Waals surface area contributed by atoms with Gasteiger partial charge in [0.1, 0.15) is 12.4 Å². The van der Waals surface area contributed by atoms with E-state index in [0.29, 0.717) is 19.7 Å². The molecule has 0 bridgehead atoms. The number of aliphatic imine (C=N–C) groups is 1. The number of hydrogen-bond donors (Lipinski definition) is 2. The van der Waals surface area contributed by atoms with Gasteiger partial charge in [0.2, 0.25) is 0 Å². The number of ether oxygens (including phenoxy) is 2. The van der Waals surface area contributed by atoms with Crippen molar-refractivity contribution < 1.29 is 9.47 Å². The van der Waals surface area contributed by atoms with Gasteiger partial charge in [0.05, 0.1) is 5.60 Å². The van der Waals surface area contributed by atoms with E-state index < -0.39 is 0 Å². The summed E-state index contributed by atoms with van der Waals surface area (Å²) in [6, 6.07) is 7.92. The average Bonchev–Trinajstić information content (AvgIpc) is 2.54. The number of para-hydroxylation sites is 1. The quantitative estimate of drug-likeness (QED) is 0.287. The van der Waals surface area contributed by atoms with Crippen molar-refractivity contribution in [2.45, 2.75) is 26.0 Å². The number of methoxy groups -OCH3 is 1. The third-order valence-electron chi connectivity index (χ3n) is 3.23. The molecule has 0 saturated heterocycles. The average molecular weight is 433 g/mol. The predicted molar refractivity (Wildman–Crippen MR) is 107 cm³/mol. The van der Waals surface area contributed by atoms with Gasteiger partial charge in [-0.3, -0.25) is 4.99 Å². The van der Waals surface area contributed by atoms with Crippen LogP contribution in [0.3, 0.4) is 0 Å². The second kappa shape index (κ2) is 11.3. The molecule has 130 valence electrons. The minimum absolute atomic E-state index is 0. The van der Waals surface area contributed by atoms with Crippen molar-refractivity contribution in [1.82, 2.24) is 10.6 Å². The molecule has 0 heterocycles. The van der Waals surface area contributed by atoms with Crippen molar-refractivity contribution >= 4 is 29.9 Å². The van der Waals surface area contributed by atoms with Gasteiger partial charge in [0.25, 0.3) is 0 Å². The van der Waals surface area contributed by atoms with E-state index in [-0.39, 0.29) is 29.6 Å². The lowest BCUT2D eigenvalue weighted by molar-refractivity contribution is 0.0268. The smallest absolute Gasteiger partial charge is 0.191 e. The Morgan fingerprint density at radius 1 is 1.30 bits per heavy atom. The topological polar surface area (TPSA) is 54.9 Å². The number of nitrogens with zero attached hydrogens (tertiary/aromatic N) is 1. The summed E-state index contributed by atoms with van der Waals surface area (Å²) in [6.07, 6.45) is 1.73. The van der Waals surface area contributed by atoms with Gasteiger partial charge in [0, 0.05) is 32.8 Å². The number of halogens is 1. The summed E-state index contributed by atoms with van der Waals surface area (Å²) in [5, 5.41) is 6.53. The first-order valence-corrected chi connectivity index (χ1v) is 7.33. The van der Waals surface area contributed by atoms with Crippen molar-refractivity contribution in [3.8, 4) is 5.75 Å². The summed E-state index contributed by atoms with van der Waals surface area (Å²) >= 11 is 0. The van der Waals surface area contributed by atoms with Crippen LogP contribution in [-0.2, 0) is 11.3 Å². The van der Waals surface area contributed by atoms with Gasteiger partial charge in [0.15, 0.2) is 5.96 Å². The van der Waals surface area contributed by atoms with Gasteiger partial charge < -0.3 is 20.1 Å². The predicted octanol–water partition coefficient (Wildman–Crippen LogP) is 2.96. The molecule has 0 unspecified atom stereocenters. The number of rotatable bonds is 8. The lowest BCUT2D eigenvalue weighted by Gasteiger charge is -2.24. The zero-order chi connectivity index (χ0) is 16.4. The van der Waals surface area contributed by atoms with E-state index in [1.807, 2.05) is 38.1 Å². The Hall–Kier alpha value is -1.28. The fourth-order valence-electron chi connectivity index (χ4n) is 1.71. The summed E-state index contributed by atoms with van der Waals surface area (Å²) in [5.74, 6) is 1.58. The van der Waals surface area contributed by atoms with Crippen LogP contribution in [0.1, 0.15) is 19.4 Å². The lowest BCUT2D eigenvalue weighted by Crippen LogP contribution is -2.45. The van der Waals surface area contributed by atoms with Crippen LogP contribution in [0.2, 0.25) is 0 Å². The number of guanidine groups is 1. The van der Waals surface area contributed by atoms with Crippen LogP contribution in [0.4, 0.5) is 0 Å². The van der Waals surface area contributed by atoms with E-state index in [4.69, 9.17) is 9.47 Å². The van der Waals surface area contributed by atoms with Crippen molar-refractivity contribution in [3.63, 3.8) is 0 Å². The van der Waals surface area contributed by atoms with Gasteiger partial charge in [-0.15, -0.1) is 24.0 Å². The minimum Gasteiger partial charge on any atom is -0.489 e. The van der Waals surface area contributed by atoms with Gasteiger partial charge in [-0.25, -0.2) is 0 Å². The Labute approximate surface area is 156 Å². The molecule has 0 atom stereocenters. The van der Waals surface area contributed by atoms with E-state index in [1.165, 1.54) is 0 Å². The monoisotopic (exact) mass is 433 g/mol. The SMILES string of the molecule is C=CCOc1ccccc1CNC(=NC)NCC(C)(C)OC.I. The summed E-state index contributed by atoms with van der Waals surface area (Å²) in [7, 11) is 3.44. The van der Waals surface area contributed by atoms with Crippen LogP contribution < -0.4 is 15.4 Å². The molecule has 23 heavy (non-hydrogen) atoms. The Bertz CT molecular complexity index is 504. The van der Waals surface area contributed by atoms with E-state index >= 15 is 0 Å². The van der Waals surface area contributed by atoms with Gasteiger partial charge in [-0.2, -0.15) is 0 Å². The normalized spacial score (nSPS) is 11.4. The Balaban J connectivity index is 0.00000484. The zero-order valence-corrected chi connectivity index (χ0v) is 16.7. The highest BCUT2D eigenvalue weighted by atomic mass is 127. The molecule has 1 rings (SSSR count). The summed E-state index contributed by atoms with van der Waals surface area (Å²) in [5.41, 5.74) is 0.820. The van der Waals surface area contributed by atoms with Crippen LogP contribution in [0.15, 0.2) is 41.9 Å². The summed E-state index contributed by atoms with van der Waals surface area (Å²) in [6.45, 7) is 9.49. The summed E-state index contributed by atoms with van der Waals surface area (Å²) in [4.78, 5) is 4.21. The van der Waals surface area contributed by atoms with E-state index in [1.54, 1.807) is 20.2 Å². The molecule has 0 radical (unpaired) electrons. The van der Waals surface area contributed by atoms with Gasteiger partial charge in [-0.1, -0.05) is 30.9 Å². The maximum atomic E-state index is 5.65. The third-order valence-corrected chi connectivity index (χ3v) is 3.23. The van der Waals surface area contributed by atoms with Gasteiger partial charge >= 0.3 is 0 Å². The molecule has 0 aliphatic carbocycles. The first kappa shape index (κ1) is 21.7. The molecule has 2 N–H and O–H groups in total. The highest BCUT2D eigenvalue weighted by Gasteiger charge is 2.16. The van der Waals surface area contributed by atoms with E-state index in [0.717, 1.165) is 17.3 Å². The standard InChI is InChI=1S/C17H27N3O2.HI/c1-6-11-22-15-10-8-7-9-14(15)12-19-16(18-4)20-13-17(2,3)21-5;/h6-10H,1,11-13H2,2-5H3,(H2,18,19,20);1H. The van der Waals surface area contributed by atoms with E-state index in [9.17, 15) is 0 Å². The first-order chi connectivity index (χ1) is 10.5. The fourth-order valence-corrected chi connectivity index (χ4v) is 1.71.